The molecule has 102 valence electrons. The number of alkyl halides is 3. The highest BCUT2D eigenvalue weighted by molar-refractivity contribution is 5.63. The molecule has 3 nitrogen and oxygen atoms in total. The maximum atomic E-state index is 12.7. The van der Waals surface area contributed by atoms with Crippen LogP contribution < -0.4 is 5.73 Å². The summed E-state index contributed by atoms with van der Waals surface area (Å²) in [6.07, 6.45) is -2.20. The van der Waals surface area contributed by atoms with Gasteiger partial charge in [-0.25, -0.2) is 0 Å². The minimum Gasteiger partial charge on any atom is -0.328 e. The molecule has 0 radical (unpaired) electrons. The Hall–Kier alpha value is -1.82. The Bertz CT molecular complexity index is 558. The molecule has 0 saturated heterocycles. The van der Waals surface area contributed by atoms with Gasteiger partial charge in [-0.15, -0.1) is 0 Å². The first-order valence-electron chi connectivity index (χ1n) is 5.83. The van der Waals surface area contributed by atoms with E-state index in [0.29, 0.717) is 17.7 Å². The van der Waals surface area contributed by atoms with Gasteiger partial charge < -0.3 is 5.73 Å². The molecule has 0 amide bonds. The van der Waals surface area contributed by atoms with Gasteiger partial charge in [-0.3, -0.25) is 5.10 Å². The topological polar surface area (TPSA) is 54.7 Å². The van der Waals surface area contributed by atoms with Crippen molar-refractivity contribution in [2.75, 3.05) is 0 Å². The fourth-order valence-corrected chi connectivity index (χ4v) is 1.91. The zero-order chi connectivity index (χ0) is 14.0. The van der Waals surface area contributed by atoms with Crippen LogP contribution in [0.15, 0.2) is 30.5 Å². The van der Waals surface area contributed by atoms with Gasteiger partial charge in [0.05, 0.1) is 17.5 Å². The molecule has 19 heavy (non-hydrogen) atoms. The van der Waals surface area contributed by atoms with Crippen LogP contribution in [0.4, 0.5) is 13.2 Å². The molecule has 0 spiro atoms. The number of hydrogen-bond donors (Lipinski definition) is 2. The van der Waals surface area contributed by atoms with Gasteiger partial charge in [-0.05, 0) is 31.0 Å². The van der Waals surface area contributed by atoms with Crippen molar-refractivity contribution in [3.05, 3.63) is 41.6 Å². The predicted octanol–water partition coefficient (Wildman–Crippen LogP) is 2.99. The quantitative estimate of drug-likeness (QED) is 0.900. The number of halogens is 3. The number of nitrogens with one attached hydrogen (secondary N) is 1. The minimum absolute atomic E-state index is 0.0813. The average Bonchev–Trinajstić information content (AvgIpc) is 2.75. The number of benzene rings is 1. The van der Waals surface area contributed by atoms with Crippen LogP contribution in [-0.2, 0) is 12.6 Å². The third-order valence-corrected chi connectivity index (χ3v) is 2.74. The van der Waals surface area contributed by atoms with Crippen LogP contribution in [0.2, 0.25) is 0 Å². The molecule has 3 N–H and O–H groups in total. The van der Waals surface area contributed by atoms with Crippen LogP contribution in [-0.4, -0.2) is 16.2 Å². The lowest BCUT2D eigenvalue weighted by Gasteiger charge is -2.10. The first kappa shape index (κ1) is 13.6. The van der Waals surface area contributed by atoms with Crippen LogP contribution in [0, 0.1) is 0 Å². The zero-order valence-electron chi connectivity index (χ0n) is 10.3. The van der Waals surface area contributed by atoms with Crippen LogP contribution in [0.5, 0.6) is 0 Å². The Morgan fingerprint density at radius 1 is 1.37 bits per heavy atom. The zero-order valence-corrected chi connectivity index (χ0v) is 10.3. The van der Waals surface area contributed by atoms with Gasteiger partial charge in [-0.2, -0.15) is 18.3 Å². The fraction of sp³-hybridized carbons (Fsp3) is 0.308. The third-order valence-electron chi connectivity index (χ3n) is 2.74. The van der Waals surface area contributed by atoms with E-state index in [9.17, 15) is 13.2 Å². The second-order valence-corrected chi connectivity index (χ2v) is 4.53. The number of aromatic amines is 1. The SMILES string of the molecule is CC(N)Cc1cn[nH]c1-c1cccc(C(F)(F)F)c1. The van der Waals surface area contributed by atoms with Gasteiger partial charge in [0.2, 0.25) is 0 Å². The van der Waals surface area contributed by atoms with Crippen molar-refractivity contribution in [2.24, 2.45) is 5.73 Å². The Morgan fingerprint density at radius 3 is 2.74 bits per heavy atom. The molecule has 2 aromatic rings. The van der Waals surface area contributed by atoms with Crippen molar-refractivity contribution < 1.29 is 13.2 Å². The molecule has 0 bridgehead atoms. The predicted molar refractivity (Wildman–Crippen MR) is 66.4 cm³/mol. The van der Waals surface area contributed by atoms with Gasteiger partial charge >= 0.3 is 6.18 Å². The van der Waals surface area contributed by atoms with Gasteiger partial charge in [0.15, 0.2) is 0 Å². The maximum Gasteiger partial charge on any atom is 0.416 e. The fourth-order valence-electron chi connectivity index (χ4n) is 1.91. The lowest BCUT2D eigenvalue weighted by molar-refractivity contribution is -0.137. The summed E-state index contributed by atoms with van der Waals surface area (Å²) in [7, 11) is 0. The molecule has 0 aliphatic rings. The molecule has 1 heterocycles. The van der Waals surface area contributed by atoms with Crippen LogP contribution in [0.25, 0.3) is 11.3 Å². The highest BCUT2D eigenvalue weighted by Crippen LogP contribution is 2.32. The Morgan fingerprint density at radius 2 is 2.11 bits per heavy atom. The summed E-state index contributed by atoms with van der Waals surface area (Å²) >= 11 is 0. The van der Waals surface area contributed by atoms with Crippen LogP contribution >= 0.6 is 0 Å². The number of aromatic nitrogens is 2. The number of hydrogen-bond acceptors (Lipinski definition) is 2. The second-order valence-electron chi connectivity index (χ2n) is 4.53. The summed E-state index contributed by atoms with van der Waals surface area (Å²) in [6.45, 7) is 1.84. The molecule has 0 aliphatic carbocycles. The normalized spacial score (nSPS) is 13.5. The summed E-state index contributed by atoms with van der Waals surface area (Å²) < 4.78 is 38.0. The Labute approximate surface area is 108 Å². The molecule has 0 aliphatic heterocycles. The molecule has 1 unspecified atom stereocenters. The van der Waals surface area contributed by atoms with Crippen molar-refractivity contribution in [1.82, 2.24) is 10.2 Å². The number of rotatable bonds is 3. The lowest BCUT2D eigenvalue weighted by Crippen LogP contribution is -2.17. The van der Waals surface area contributed by atoms with E-state index in [1.165, 1.54) is 6.07 Å². The highest BCUT2D eigenvalue weighted by Gasteiger charge is 2.30. The number of H-pyrrole nitrogens is 1. The molecule has 1 aromatic carbocycles. The summed E-state index contributed by atoms with van der Waals surface area (Å²) in [4.78, 5) is 0. The van der Waals surface area contributed by atoms with E-state index in [0.717, 1.165) is 17.7 Å². The van der Waals surface area contributed by atoms with Crippen molar-refractivity contribution in [1.29, 1.82) is 0 Å². The summed E-state index contributed by atoms with van der Waals surface area (Å²) in [6, 6.07) is 5.08. The second kappa shape index (κ2) is 5.05. The average molecular weight is 269 g/mol. The van der Waals surface area contributed by atoms with E-state index in [-0.39, 0.29) is 6.04 Å². The summed E-state index contributed by atoms with van der Waals surface area (Å²) in [5.74, 6) is 0. The van der Waals surface area contributed by atoms with Crippen LogP contribution in [0.3, 0.4) is 0 Å². The van der Waals surface area contributed by atoms with Crippen molar-refractivity contribution in [2.45, 2.75) is 25.6 Å². The molecule has 2 rings (SSSR count). The smallest absolute Gasteiger partial charge is 0.328 e. The summed E-state index contributed by atoms with van der Waals surface area (Å²) in [5.41, 5.74) is 6.90. The molecule has 1 atom stereocenters. The van der Waals surface area contributed by atoms with Crippen molar-refractivity contribution >= 4 is 0 Å². The first-order valence-corrected chi connectivity index (χ1v) is 5.83. The van der Waals surface area contributed by atoms with Crippen molar-refractivity contribution in [3.8, 4) is 11.3 Å². The Kier molecular flexibility index (Phi) is 3.61. The van der Waals surface area contributed by atoms with Gasteiger partial charge in [-0.1, -0.05) is 12.1 Å². The standard InChI is InChI=1S/C13H14F3N3/c1-8(17)5-10-7-18-19-12(10)9-3-2-4-11(6-9)13(14,15)16/h2-4,6-8H,5,17H2,1H3,(H,18,19). The van der Waals surface area contributed by atoms with Gasteiger partial charge in [0, 0.05) is 11.6 Å². The number of nitrogens with zero attached hydrogens (tertiary/aromatic N) is 1. The van der Waals surface area contributed by atoms with E-state index < -0.39 is 11.7 Å². The molecular formula is C13H14F3N3. The molecule has 1 aromatic heterocycles. The van der Waals surface area contributed by atoms with E-state index in [2.05, 4.69) is 10.2 Å². The third kappa shape index (κ3) is 3.14. The molecule has 6 heteroatoms. The lowest BCUT2D eigenvalue weighted by atomic mass is 10.0. The summed E-state index contributed by atoms with van der Waals surface area (Å²) in [5, 5.41) is 6.61. The van der Waals surface area contributed by atoms with Crippen LogP contribution in [0.1, 0.15) is 18.1 Å². The Balaban J connectivity index is 2.40. The first-order chi connectivity index (χ1) is 8.88. The van der Waals surface area contributed by atoms with Crippen molar-refractivity contribution in [3.63, 3.8) is 0 Å². The van der Waals surface area contributed by atoms with E-state index in [1.54, 1.807) is 12.3 Å². The molecule has 0 fully saturated rings. The highest BCUT2D eigenvalue weighted by atomic mass is 19.4. The van der Waals surface area contributed by atoms with Gasteiger partial charge in [0.1, 0.15) is 0 Å². The molecular weight excluding hydrogens is 255 g/mol. The van der Waals surface area contributed by atoms with E-state index >= 15 is 0 Å². The molecule has 0 saturated carbocycles. The largest absolute Gasteiger partial charge is 0.416 e. The maximum absolute atomic E-state index is 12.7. The number of nitrogens with two attached hydrogens (primary N) is 1. The van der Waals surface area contributed by atoms with E-state index in [1.807, 2.05) is 6.92 Å². The van der Waals surface area contributed by atoms with E-state index in [4.69, 9.17) is 5.73 Å². The minimum atomic E-state index is -4.35. The van der Waals surface area contributed by atoms with Gasteiger partial charge in [0.25, 0.3) is 0 Å². The monoisotopic (exact) mass is 269 g/mol.